The summed E-state index contributed by atoms with van der Waals surface area (Å²) < 4.78 is 5.23. The van der Waals surface area contributed by atoms with Gasteiger partial charge in [0.25, 0.3) is 0 Å². The molecule has 3 nitrogen and oxygen atoms in total. The van der Waals surface area contributed by atoms with Gasteiger partial charge in [0.2, 0.25) is 0 Å². The Morgan fingerprint density at radius 1 is 1.35 bits per heavy atom. The fourth-order valence-electron chi connectivity index (χ4n) is 1.51. The molecule has 1 aromatic carbocycles. The Morgan fingerprint density at radius 2 is 2.00 bits per heavy atom. The zero-order chi connectivity index (χ0) is 13.1. The average Bonchev–Trinajstić information content (AvgIpc) is 2.17. The second-order valence-electron chi connectivity index (χ2n) is 5.21. The fourth-order valence-corrected chi connectivity index (χ4v) is 1.51. The first-order valence-corrected chi connectivity index (χ1v) is 5.78. The molecule has 1 rings (SSSR count). The maximum absolute atomic E-state index is 11.5. The van der Waals surface area contributed by atoms with E-state index in [9.17, 15) is 9.90 Å². The van der Waals surface area contributed by atoms with Gasteiger partial charge in [-0.05, 0) is 51.3 Å². The smallest absolute Gasteiger partial charge is 0.306 e. The highest BCUT2D eigenvalue weighted by Gasteiger charge is 2.15. The summed E-state index contributed by atoms with van der Waals surface area (Å²) in [4.78, 5) is 11.5. The Balaban J connectivity index is 2.50. The molecule has 0 saturated heterocycles. The molecule has 0 unspecified atom stereocenters. The number of aryl methyl sites for hydroxylation is 2. The standard InChI is InChI=1S/C14H20O3/c1-10-9-11(5-7-12(10)15)6-8-13(16)17-14(2,3)4/h5,7,9,15H,6,8H2,1-4H3. The zero-order valence-corrected chi connectivity index (χ0v) is 10.9. The number of phenolic OH excluding ortho intramolecular Hbond substituents is 1. The molecule has 0 saturated carbocycles. The zero-order valence-electron chi connectivity index (χ0n) is 10.9. The van der Waals surface area contributed by atoms with Crippen molar-refractivity contribution in [2.75, 3.05) is 0 Å². The Hall–Kier alpha value is -1.51. The molecule has 0 aliphatic carbocycles. The SMILES string of the molecule is Cc1cc(CCC(=O)OC(C)(C)C)ccc1O. The van der Waals surface area contributed by atoms with Crippen molar-refractivity contribution in [1.29, 1.82) is 0 Å². The van der Waals surface area contributed by atoms with Crippen molar-refractivity contribution in [2.45, 2.75) is 46.1 Å². The molecular weight excluding hydrogens is 216 g/mol. The molecule has 0 aliphatic heterocycles. The summed E-state index contributed by atoms with van der Waals surface area (Å²) in [5.74, 6) is 0.0919. The van der Waals surface area contributed by atoms with E-state index >= 15 is 0 Å². The molecule has 0 aromatic heterocycles. The molecule has 0 amide bonds. The van der Waals surface area contributed by atoms with Crippen molar-refractivity contribution >= 4 is 5.97 Å². The van der Waals surface area contributed by atoms with Crippen LogP contribution >= 0.6 is 0 Å². The van der Waals surface area contributed by atoms with Gasteiger partial charge in [-0.1, -0.05) is 12.1 Å². The van der Waals surface area contributed by atoms with Crippen LogP contribution in [-0.2, 0) is 16.0 Å². The minimum atomic E-state index is -0.429. The van der Waals surface area contributed by atoms with E-state index in [2.05, 4.69) is 0 Å². The van der Waals surface area contributed by atoms with Crippen LogP contribution in [0.15, 0.2) is 18.2 Å². The van der Waals surface area contributed by atoms with Crippen molar-refractivity contribution in [3.05, 3.63) is 29.3 Å². The maximum atomic E-state index is 11.5. The molecule has 1 N–H and O–H groups in total. The summed E-state index contributed by atoms with van der Waals surface area (Å²) >= 11 is 0. The highest BCUT2D eigenvalue weighted by Crippen LogP contribution is 2.18. The number of carbonyl (C=O) groups is 1. The van der Waals surface area contributed by atoms with Crippen LogP contribution in [0.1, 0.15) is 38.3 Å². The van der Waals surface area contributed by atoms with E-state index < -0.39 is 5.60 Å². The van der Waals surface area contributed by atoms with Gasteiger partial charge < -0.3 is 9.84 Å². The summed E-state index contributed by atoms with van der Waals surface area (Å²) in [6.07, 6.45) is 0.998. The van der Waals surface area contributed by atoms with Crippen LogP contribution in [0.3, 0.4) is 0 Å². The van der Waals surface area contributed by atoms with Gasteiger partial charge in [-0.2, -0.15) is 0 Å². The van der Waals surface area contributed by atoms with Gasteiger partial charge in [0.15, 0.2) is 0 Å². The highest BCUT2D eigenvalue weighted by molar-refractivity contribution is 5.70. The van der Waals surface area contributed by atoms with Crippen LogP contribution in [0.25, 0.3) is 0 Å². The third-order valence-corrected chi connectivity index (χ3v) is 2.30. The molecule has 17 heavy (non-hydrogen) atoms. The molecule has 1 aromatic rings. The van der Waals surface area contributed by atoms with Crippen molar-refractivity contribution in [3.63, 3.8) is 0 Å². The van der Waals surface area contributed by atoms with E-state index in [0.29, 0.717) is 12.8 Å². The first-order valence-electron chi connectivity index (χ1n) is 5.78. The predicted molar refractivity (Wildman–Crippen MR) is 67.0 cm³/mol. The van der Waals surface area contributed by atoms with Gasteiger partial charge in [-0.3, -0.25) is 4.79 Å². The summed E-state index contributed by atoms with van der Waals surface area (Å²) in [5.41, 5.74) is 1.43. The quantitative estimate of drug-likeness (QED) is 0.821. The van der Waals surface area contributed by atoms with Crippen molar-refractivity contribution in [2.24, 2.45) is 0 Å². The molecule has 94 valence electrons. The minimum Gasteiger partial charge on any atom is -0.508 e. The number of hydrogen-bond donors (Lipinski definition) is 1. The first kappa shape index (κ1) is 13.6. The summed E-state index contributed by atoms with van der Waals surface area (Å²) in [6.45, 7) is 7.41. The van der Waals surface area contributed by atoms with Gasteiger partial charge in [0, 0.05) is 6.42 Å². The van der Waals surface area contributed by atoms with Crippen LogP contribution in [0.5, 0.6) is 5.75 Å². The number of ether oxygens (including phenoxy) is 1. The van der Waals surface area contributed by atoms with Gasteiger partial charge >= 0.3 is 5.97 Å². The van der Waals surface area contributed by atoms with E-state index in [1.54, 1.807) is 6.07 Å². The Bertz CT molecular complexity index is 402. The van der Waals surface area contributed by atoms with E-state index in [1.807, 2.05) is 39.8 Å². The van der Waals surface area contributed by atoms with E-state index in [0.717, 1.165) is 11.1 Å². The van der Waals surface area contributed by atoms with Crippen LogP contribution in [0.2, 0.25) is 0 Å². The molecule has 0 spiro atoms. The minimum absolute atomic E-state index is 0.191. The molecule has 0 fully saturated rings. The lowest BCUT2D eigenvalue weighted by Gasteiger charge is -2.19. The molecule has 0 aliphatic rings. The van der Waals surface area contributed by atoms with E-state index in [-0.39, 0.29) is 11.7 Å². The lowest BCUT2D eigenvalue weighted by molar-refractivity contribution is -0.154. The second kappa shape index (κ2) is 5.21. The monoisotopic (exact) mass is 236 g/mol. The van der Waals surface area contributed by atoms with Crippen molar-refractivity contribution < 1.29 is 14.6 Å². The van der Waals surface area contributed by atoms with Gasteiger partial charge in [-0.25, -0.2) is 0 Å². The fraction of sp³-hybridized carbons (Fsp3) is 0.500. The summed E-state index contributed by atoms with van der Waals surface area (Å²) in [7, 11) is 0. The normalized spacial score (nSPS) is 11.3. The third kappa shape index (κ3) is 4.89. The Labute approximate surface area is 102 Å². The highest BCUT2D eigenvalue weighted by atomic mass is 16.6. The topological polar surface area (TPSA) is 46.5 Å². The Morgan fingerprint density at radius 3 is 2.53 bits per heavy atom. The number of carbonyl (C=O) groups excluding carboxylic acids is 1. The number of phenols is 1. The van der Waals surface area contributed by atoms with Crippen LogP contribution in [0.4, 0.5) is 0 Å². The second-order valence-corrected chi connectivity index (χ2v) is 5.21. The van der Waals surface area contributed by atoms with Gasteiger partial charge in [-0.15, -0.1) is 0 Å². The maximum Gasteiger partial charge on any atom is 0.306 e. The van der Waals surface area contributed by atoms with Crippen LogP contribution in [0, 0.1) is 6.92 Å². The first-order chi connectivity index (χ1) is 7.78. The van der Waals surface area contributed by atoms with Crippen molar-refractivity contribution in [3.8, 4) is 5.75 Å². The summed E-state index contributed by atoms with van der Waals surface area (Å²) in [6, 6.07) is 5.37. The molecule has 0 bridgehead atoms. The largest absolute Gasteiger partial charge is 0.508 e. The summed E-state index contributed by atoms with van der Waals surface area (Å²) in [5, 5.41) is 9.38. The Kier molecular flexibility index (Phi) is 4.16. The van der Waals surface area contributed by atoms with Crippen LogP contribution in [-0.4, -0.2) is 16.7 Å². The van der Waals surface area contributed by atoms with E-state index in [1.165, 1.54) is 0 Å². The number of benzene rings is 1. The van der Waals surface area contributed by atoms with Crippen LogP contribution < -0.4 is 0 Å². The van der Waals surface area contributed by atoms with E-state index in [4.69, 9.17) is 4.74 Å². The number of esters is 1. The lowest BCUT2D eigenvalue weighted by Crippen LogP contribution is -2.24. The molecule has 0 heterocycles. The van der Waals surface area contributed by atoms with Gasteiger partial charge in [0.1, 0.15) is 11.4 Å². The molecule has 0 radical (unpaired) electrons. The molecular formula is C14H20O3. The average molecular weight is 236 g/mol. The lowest BCUT2D eigenvalue weighted by atomic mass is 10.1. The van der Waals surface area contributed by atoms with Crippen molar-refractivity contribution in [1.82, 2.24) is 0 Å². The third-order valence-electron chi connectivity index (χ3n) is 2.30. The predicted octanol–water partition coefficient (Wildman–Crippen LogP) is 2.97. The molecule has 3 heteroatoms. The number of rotatable bonds is 3. The molecule has 0 atom stereocenters. The van der Waals surface area contributed by atoms with Gasteiger partial charge in [0.05, 0.1) is 0 Å². The number of aromatic hydroxyl groups is 1. The number of hydrogen-bond acceptors (Lipinski definition) is 3.